The third-order valence-electron chi connectivity index (χ3n) is 6.95. The van der Waals surface area contributed by atoms with Gasteiger partial charge in [-0.3, -0.25) is 9.59 Å². The van der Waals surface area contributed by atoms with Gasteiger partial charge in [-0.1, -0.05) is 48.5 Å². The Morgan fingerprint density at radius 2 is 1.79 bits per heavy atom. The maximum Gasteiger partial charge on any atom is 0.254 e. The zero-order chi connectivity index (χ0) is 22.4. The number of rotatable bonds is 2. The lowest BCUT2D eigenvalue weighted by atomic mass is 9.75. The fourth-order valence-electron chi connectivity index (χ4n) is 5.38. The standard InChI is InChI=1S/C27H22N4O2/c32-25(31-15-5-13-27(17-31)23-10-1-2-11-24(23)30-26(27)33)22-9-4-7-20-19(6-3-8-21(20)22)18-12-14-28-29-16-18/h1-4,6-12,14,16H,5,13,15,17H2,(H,30,33). The Morgan fingerprint density at radius 1 is 0.939 bits per heavy atom. The smallest absolute Gasteiger partial charge is 0.254 e. The predicted molar refractivity (Wildman–Crippen MR) is 127 cm³/mol. The van der Waals surface area contributed by atoms with Crippen molar-refractivity contribution >= 4 is 28.3 Å². The van der Waals surface area contributed by atoms with Crippen LogP contribution in [0.25, 0.3) is 21.9 Å². The van der Waals surface area contributed by atoms with E-state index < -0.39 is 5.41 Å². The second-order valence-corrected chi connectivity index (χ2v) is 8.75. The summed E-state index contributed by atoms with van der Waals surface area (Å²) in [5, 5.41) is 12.8. The molecule has 1 unspecified atom stereocenters. The normalized spacial score (nSPS) is 19.5. The number of piperidine rings is 1. The van der Waals surface area contributed by atoms with Crippen LogP contribution >= 0.6 is 0 Å². The molecule has 0 aliphatic carbocycles. The molecule has 4 aromatic rings. The topological polar surface area (TPSA) is 75.2 Å². The highest BCUT2D eigenvalue weighted by Crippen LogP contribution is 2.44. The van der Waals surface area contributed by atoms with Gasteiger partial charge in [-0.15, -0.1) is 0 Å². The lowest BCUT2D eigenvalue weighted by Gasteiger charge is -2.39. The van der Waals surface area contributed by atoms with Crippen LogP contribution in [-0.2, 0) is 10.2 Å². The molecule has 6 nitrogen and oxygen atoms in total. The molecule has 1 saturated heterocycles. The summed E-state index contributed by atoms with van der Waals surface area (Å²) >= 11 is 0. The first kappa shape index (κ1) is 19.6. The van der Waals surface area contributed by atoms with E-state index in [1.54, 1.807) is 12.4 Å². The van der Waals surface area contributed by atoms with Crippen LogP contribution in [0.4, 0.5) is 5.69 Å². The minimum atomic E-state index is -0.678. The van der Waals surface area contributed by atoms with Crippen molar-refractivity contribution in [3.8, 4) is 11.1 Å². The molecule has 33 heavy (non-hydrogen) atoms. The Bertz CT molecular complexity index is 1400. The van der Waals surface area contributed by atoms with E-state index >= 15 is 0 Å². The van der Waals surface area contributed by atoms with Crippen molar-refractivity contribution in [2.75, 3.05) is 18.4 Å². The maximum atomic E-state index is 13.8. The van der Waals surface area contributed by atoms with Gasteiger partial charge in [0.05, 0.1) is 17.8 Å². The van der Waals surface area contributed by atoms with Crippen molar-refractivity contribution in [2.45, 2.75) is 18.3 Å². The summed E-state index contributed by atoms with van der Waals surface area (Å²) in [7, 11) is 0. The molecular weight excluding hydrogens is 412 g/mol. The zero-order valence-electron chi connectivity index (χ0n) is 18.0. The van der Waals surface area contributed by atoms with Crippen LogP contribution in [-0.4, -0.2) is 40.0 Å². The van der Waals surface area contributed by atoms with Crippen molar-refractivity contribution in [3.63, 3.8) is 0 Å². The third kappa shape index (κ3) is 3.02. The molecule has 1 atom stereocenters. The van der Waals surface area contributed by atoms with Crippen LogP contribution in [0.2, 0.25) is 0 Å². The maximum absolute atomic E-state index is 13.8. The fraction of sp³-hybridized carbons (Fsp3) is 0.185. The van der Waals surface area contributed by atoms with E-state index in [2.05, 4.69) is 15.5 Å². The number of hydrogen-bond acceptors (Lipinski definition) is 4. The number of likely N-dealkylation sites (tertiary alicyclic amines) is 1. The van der Waals surface area contributed by atoms with Gasteiger partial charge in [0.2, 0.25) is 5.91 Å². The van der Waals surface area contributed by atoms with Crippen LogP contribution in [0.5, 0.6) is 0 Å². The van der Waals surface area contributed by atoms with Crippen LogP contribution < -0.4 is 5.32 Å². The van der Waals surface area contributed by atoms with Gasteiger partial charge in [0.1, 0.15) is 0 Å². The first-order valence-corrected chi connectivity index (χ1v) is 11.2. The summed E-state index contributed by atoms with van der Waals surface area (Å²) in [6, 6.07) is 21.6. The van der Waals surface area contributed by atoms with Gasteiger partial charge in [-0.05, 0) is 52.9 Å². The highest BCUT2D eigenvalue weighted by atomic mass is 16.2. The van der Waals surface area contributed by atoms with E-state index in [4.69, 9.17) is 0 Å². The van der Waals surface area contributed by atoms with E-state index in [0.717, 1.165) is 46.0 Å². The van der Waals surface area contributed by atoms with Gasteiger partial charge in [0.25, 0.3) is 5.91 Å². The van der Waals surface area contributed by atoms with Gasteiger partial charge in [-0.25, -0.2) is 0 Å². The Balaban J connectivity index is 1.40. The first-order chi connectivity index (χ1) is 16.2. The highest BCUT2D eigenvalue weighted by Gasteiger charge is 2.49. The number of para-hydroxylation sites is 1. The van der Waals surface area contributed by atoms with Gasteiger partial charge >= 0.3 is 0 Å². The quantitative estimate of drug-likeness (QED) is 0.507. The lowest BCUT2D eigenvalue weighted by molar-refractivity contribution is -0.122. The Kier molecular flexibility index (Phi) is 4.47. The Morgan fingerprint density at radius 3 is 2.67 bits per heavy atom. The first-order valence-electron chi connectivity index (χ1n) is 11.2. The molecule has 6 rings (SSSR count). The number of amides is 2. The van der Waals surface area contributed by atoms with E-state index in [1.807, 2.05) is 71.6 Å². The summed E-state index contributed by atoms with van der Waals surface area (Å²) in [5.74, 6) is -0.0477. The largest absolute Gasteiger partial charge is 0.337 e. The summed E-state index contributed by atoms with van der Waals surface area (Å²) in [6.45, 7) is 1.03. The third-order valence-corrected chi connectivity index (χ3v) is 6.95. The molecule has 2 aliphatic rings. The number of anilines is 1. The number of hydrogen-bond donors (Lipinski definition) is 1. The predicted octanol–water partition coefficient (Wildman–Crippen LogP) is 4.42. The molecule has 162 valence electrons. The molecule has 2 amide bonds. The van der Waals surface area contributed by atoms with Gasteiger partial charge in [0, 0.05) is 29.9 Å². The molecule has 0 bridgehead atoms. The van der Waals surface area contributed by atoms with Crippen molar-refractivity contribution < 1.29 is 9.59 Å². The van der Waals surface area contributed by atoms with E-state index in [1.165, 1.54) is 0 Å². The average Bonchev–Trinajstić information content (AvgIpc) is 3.14. The molecule has 0 saturated carbocycles. The van der Waals surface area contributed by atoms with Crippen LogP contribution in [0, 0.1) is 0 Å². The number of benzene rings is 3. The van der Waals surface area contributed by atoms with E-state index in [0.29, 0.717) is 18.7 Å². The number of nitrogens with zero attached hydrogens (tertiary/aromatic N) is 3. The summed E-state index contributed by atoms with van der Waals surface area (Å²) < 4.78 is 0. The molecule has 0 radical (unpaired) electrons. The van der Waals surface area contributed by atoms with Crippen molar-refractivity contribution in [2.24, 2.45) is 0 Å². The molecule has 3 aromatic carbocycles. The minimum Gasteiger partial charge on any atom is -0.337 e. The fourth-order valence-corrected chi connectivity index (χ4v) is 5.38. The van der Waals surface area contributed by atoms with Crippen LogP contribution in [0.1, 0.15) is 28.8 Å². The van der Waals surface area contributed by atoms with E-state index in [-0.39, 0.29) is 11.8 Å². The molecular formula is C27H22N4O2. The lowest BCUT2D eigenvalue weighted by Crippen LogP contribution is -2.51. The second kappa shape index (κ2) is 7.52. The summed E-state index contributed by atoms with van der Waals surface area (Å²) in [6.07, 6.45) is 4.93. The number of fused-ring (bicyclic) bond motifs is 3. The number of aromatic nitrogens is 2. The average molecular weight is 434 g/mol. The number of carbonyl (C=O) groups excluding carboxylic acids is 2. The minimum absolute atomic E-state index is 0.00778. The summed E-state index contributed by atoms with van der Waals surface area (Å²) in [5.41, 5.74) is 3.80. The molecule has 1 spiro atoms. The molecule has 2 aliphatic heterocycles. The van der Waals surface area contributed by atoms with Gasteiger partial charge in [0.15, 0.2) is 0 Å². The molecule has 1 N–H and O–H groups in total. The molecule has 1 aromatic heterocycles. The van der Waals surface area contributed by atoms with Gasteiger partial charge in [-0.2, -0.15) is 10.2 Å². The Hall–Kier alpha value is -4.06. The molecule has 6 heteroatoms. The van der Waals surface area contributed by atoms with Crippen LogP contribution in [0.15, 0.2) is 79.1 Å². The molecule has 1 fully saturated rings. The van der Waals surface area contributed by atoms with Crippen molar-refractivity contribution in [1.82, 2.24) is 15.1 Å². The monoisotopic (exact) mass is 434 g/mol. The molecule has 3 heterocycles. The second-order valence-electron chi connectivity index (χ2n) is 8.75. The zero-order valence-corrected chi connectivity index (χ0v) is 18.0. The van der Waals surface area contributed by atoms with Crippen molar-refractivity contribution in [1.29, 1.82) is 0 Å². The highest BCUT2D eigenvalue weighted by molar-refractivity contribution is 6.11. The van der Waals surface area contributed by atoms with E-state index in [9.17, 15) is 9.59 Å². The number of carbonyl (C=O) groups is 2. The SMILES string of the molecule is O=C(c1cccc2c(-c3ccnnc3)cccc12)N1CCCC2(C1)C(=O)Nc1ccccc12. The van der Waals surface area contributed by atoms with Crippen LogP contribution in [0.3, 0.4) is 0 Å². The summed E-state index contributed by atoms with van der Waals surface area (Å²) in [4.78, 5) is 28.7. The number of nitrogens with one attached hydrogen (secondary N) is 1. The van der Waals surface area contributed by atoms with Crippen molar-refractivity contribution in [3.05, 3.63) is 90.3 Å². The van der Waals surface area contributed by atoms with Gasteiger partial charge < -0.3 is 10.2 Å². The Labute approximate surface area is 191 Å².